The van der Waals surface area contributed by atoms with Crippen LogP contribution in [-0.2, 0) is 14.8 Å². The Morgan fingerprint density at radius 1 is 1.18 bits per heavy atom. The standard InChI is InChI=1S/C18H13N3O5S2/c1-28(24,25)21-12-4-2-10(3-5-12)14-9-19-8-11-6-13(26-16(11)14)7-15-17(22)20-18(23)27-15/h2-9,21H,1H3,(H,20,22,23)/b15-7-. The van der Waals surface area contributed by atoms with E-state index in [0.717, 1.165) is 29.0 Å². The molecule has 2 N–H and O–H groups in total. The van der Waals surface area contributed by atoms with E-state index in [2.05, 4.69) is 15.0 Å². The zero-order valence-corrected chi connectivity index (χ0v) is 16.1. The van der Waals surface area contributed by atoms with Crippen molar-refractivity contribution in [3.63, 3.8) is 0 Å². The maximum Gasteiger partial charge on any atom is 0.290 e. The number of benzene rings is 1. The van der Waals surface area contributed by atoms with Crippen LogP contribution in [0.1, 0.15) is 5.76 Å². The third kappa shape index (κ3) is 3.78. The minimum Gasteiger partial charge on any atom is -0.456 e. The molecule has 0 unspecified atom stereocenters. The second kappa shape index (κ2) is 6.80. The van der Waals surface area contributed by atoms with Crippen molar-refractivity contribution in [3.8, 4) is 11.1 Å². The molecule has 3 heterocycles. The van der Waals surface area contributed by atoms with Crippen molar-refractivity contribution in [2.75, 3.05) is 11.0 Å². The van der Waals surface area contributed by atoms with E-state index >= 15 is 0 Å². The van der Waals surface area contributed by atoms with Crippen molar-refractivity contribution >= 4 is 55.7 Å². The summed E-state index contributed by atoms with van der Waals surface area (Å²) < 4.78 is 30.9. The van der Waals surface area contributed by atoms with Crippen LogP contribution in [0.5, 0.6) is 0 Å². The minimum atomic E-state index is -3.35. The summed E-state index contributed by atoms with van der Waals surface area (Å²) in [6, 6.07) is 8.53. The molecule has 10 heteroatoms. The molecule has 8 nitrogen and oxygen atoms in total. The van der Waals surface area contributed by atoms with Crippen molar-refractivity contribution in [1.82, 2.24) is 10.3 Å². The molecule has 0 atom stereocenters. The first-order valence-electron chi connectivity index (χ1n) is 7.99. The SMILES string of the molecule is CS(=O)(=O)Nc1ccc(-c2cncc3cc(/C=C4\SC(=O)NC4=O)oc23)cc1. The van der Waals surface area contributed by atoms with E-state index in [9.17, 15) is 18.0 Å². The number of furan rings is 1. The van der Waals surface area contributed by atoms with E-state index in [1.165, 1.54) is 6.08 Å². The maximum absolute atomic E-state index is 11.7. The van der Waals surface area contributed by atoms with E-state index in [1.54, 1.807) is 42.7 Å². The van der Waals surface area contributed by atoms with E-state index in [4.69, 9.17) is 4.42 Å². The fourth-order valence-corrected chi connectivity index (χ4v) is 3.97. The molecule has 0 radical (unpaired) electrons. The van der Waals surface area contributed by atoms with Crippen LogP contribution in [0.4, 0.5) is 10.5 Å². The third-order valence-electron chi connectivity index (χ3n) is 3.86. The van der Waals surface area contributed by atoms with Gasteiger partial charge in [0.05, 0.1) is 11.2 Å². The van der Waals surface area contributed by atoms with Crippen LogP contribution in [0.3, 0.4) is 0 Å². The van der Waals surface area contributed by atoms with Gasteiger partial charge in [0.25, 0.3) is 11.1 Å². The third-order valence-corrected chi connectivity index (χ3v) is 5.27. The maximum atomic E-state index is 11.7. The van der Waals surface area contributed by atoms with Crippen LogP contribution in [0.25, 0.3) is 28.2 Å². The summed E-state index contributed by atoms with van der Waals surface area (Å²) in [4.78, 5) is 27.5. The molecule has 0 aliphatic carbocycles. The van der Waals surface area contributed by atoms with E-state index < -0.39 is 21.2 Å². The first-order chi connectivity index (χ1) is 13.3. The molecule has 0 bridgehead atoms. The van der Waals surface area contributed by atoms with Crippen LogP contribution in [0.15, 0.2) is 52.0 Å². The predicted molar refractivity (Wildman–Crippen MR) is 107 cm³/mol. The topological polar surface area (TPSA) is 118 Å². The molecule has 1 saturated heterocycles. The number of aromatic nitrogens is 1. The Hall–Kier alpha value is -3.11. The number of rotatable bonds is 4. The lowest BCUT2D eigenvalue weighted by atomic mass is 10.1. The summed E-state index contributed by atoms with van der Waals surface area (Å²) >= 11 is 0.815. The molecule has 1 aromatic carbocycles. The Labute approximate surface area is 164 Å². The van der Waals surface area contributed by atoms with Gasteiger partial charge in [-0.1, -0.05) is 12.1 Å². The second-order valence-corrected chi connectivity index (χ2v) is 8.82. The van der Waals surface area contributed by atoms with Gasteiger partial charge in [-0.3, -0.25) is 24.6 Å². The lowest BCUT2D eigenvalue weighted by Gasteiger charge is -2.06. The van der Waals surface area contributed by atoms with E-state index in [1.807, 2.05) is 0 Å². The fraction of sp³-hybridized carbons (Fsp3) is 0.0556. The molecule has 4 rings (SSSR count). The van der Waals surface area contributed by atoms with Gasteiger partial charge in [0.1, 0.15) is 11.3 Å². The molecule has 1 aliphatic rings. The number of thioether (sulfide) groups is 1. The molecule has 0 spiro atoms. The Morgan fingerprint density at radius 3 is 2.57 bits per heavy atom. The van der Waals surface area contributed by atoms with Gasteiger partial charge in [-0.15, -0.1) is 0 Å². The number of hydrogen-bond acceptors (Lipinski definition) is 7. The average molecular weight is 415 g/mol. The van der Waals surface area contributed by atoms with Gasteiger partial charge in [0.2, 0.25) is 10.0 Å². The van der Waals surface area contributed by atoms with Crippen LogP contribution in [0.2, 0.25) is 0 Å². The summed E-state index contributed by atoms with van der Waals surface area (Å²) in [5, 5.41) is 2.51. The van der Waals surface area contributed by atoms with Crippen molar-refractivity contribution in [2.45, 2.75) is 0 Å². The largest absolute Gasteiger partial charge is 0.456 e. The quantitative estimate of drug-likeness (QED) is 0.628. The van der Waals surface area contributed by atoms with Crippen LogP contribution in [-0.4, -0.2) is 30.8 Å². The Balaban J connectivity index is 1.71. The van der Waals surface area contributed by atoms with Gasteiger partial charge in [0, 0.05) is 35.1 Å². The zero-order chi connectivity index (χ0) is 19.9. The average Bonchev–Trinajstić information content (AvgIpc) is 3.16. The normalized spacial score (nSPS) is 16.0. The van der Waals surface area contributed by atoms with Gasteiger partial charge in [-0.25, -0.2) is 8.42 Å². The minimum absolute atomic E-state index is 0.259. The summed E-state index contributed by atoms with van der Waals surface area (Å²) in [5.74, 6) is -0.0327. The Bertz CT molecular complexity index is 1240. The molecule has 28 heavy (non-hydrogen) atoms. The lowest BCUT2D eigenvalue weighted by Crippen LogP contribution is -2.17. The fourth-order valence-electron chi connectivity index (χ4n) is 2.74. The van der Waals surface area contributed by atoms with Gasteiger partial charge < -0.3 is 4.42 Å². The highest BCUT2D eigenvalue weighted by atomic mass is 32.2. The molecular weight excluding hydrogens is 402 g/mol. The van der Waals surface area contributed by atoms with Crippen molar-refractivity contribution < 1.29 is 22.4 Å². The van der Waals surface area contributed by atoms with E-state index in [-0.39, 0.29) is 4.91 Å². The molecular formula is C18H13N3O5S2. The zero-order valence-electron chi connectivity index (χ0n) is 14.4. The summed E-state index contributed by atoms with van der Waals surface area (Å²) in [6.45, 7) is 0. The monoisotopic (exact) mass is 415 g/mol. The van der Waals surface area contributed by atoms with Crippen LogP contribution in [0, 0.1) is 0 Å². The van der Waals surface area contributed by atoms with Crippen molar-refractivity contribution in [1.29, 1.82) is 0 Å². The molecule has 1 fully saturated rings. The summed E-state index contributed by atoms with van der Waals surface area (Å²) in [6.07, 6.45) is 5.87. The van der Waals surface area contributed by atoms with Gasteiger partial charge in [-0.2, -0.15) is 0 Å². The second-order valence-electron chi connectivity index (χ2n) is 6.06. The number of nitrogens with one attached hydrogen (secondary N) is 2. The number of nitrogens with zero attached hydrogens (tertiary/aromatic N) is 1. The number of anilines is 1. The predicted octanol–water partition coefficient (Wildman–Crippen LogP) is 3.19. The molecule has 1 aliphatic heterocycles. The Morgan fingerprint density at radius 2 is 1.93 bits per heavy atom. The first kappa shape index (κ1) is 18.3. The molecule has 142 valence electrons. The molecule has 3 aromatic rings. The number of sulfonamides is 1. The lowest BCUT2D eigenvalue weighted by molar-refractivity contribution is -0.115. The number of carbonyl (C=O) groups excluding carboxylic acids is 2. The molecule has 2 aromatic heterocycles. The highest BCUT2D eigenvalue weighted by Crippen LogP contribution is 2.33. The van der Waals surface area contributed by atoms with Crippen LogP contribution >= 0.6 is 11.8 Å². The van der Waals surface area contributed by atoms with Crippen molar-refractivity contribution in [3.05, 3.63) is 53.4 Å². The number of pyridine rings is 1. The summed E-state index contributed by atoms with van der Waals surface area (Å²) in [5.41, 5.74) is 2.52. The first-order valence-corrected chi connectivity index (χ1v) is 10.7. The van der Waals surface area contributed by atoms with E-state index in [0.29, 0.717) is 22.6 Å². The summed E-state index contributed by atoms with van der Waals surface area (Å²) in [7, 11) is -3.35. The highest BCUT2D eigenvalue weighted by molar-refractivity contribution is 8.18. The number of imide groups is 1. The number of amides is 2. The number of carbonyl (C=O) groups is 2. The van der Waals surface area contributed by atoms with Crippen LogP contribution < -0.4 is 10.0 Å². The molecule has 0 saturated carbocycles. The van der Waals surface area contributed by atoms with Gasteiger partial charge in [-0.05, 0) is 35.5 Å². The number of fused-ring (bicyclic) bond motifs is 1. The highest BCUT2D eigenvalue weighted by Gasteiger charge is 2.25. The molecule has 2 amide bonds. The van der Waals surface area contributed by atoms with Gasteiger partial charge in [0.15, 0.2) is 0 Å². The number of hydrogen-bond donors (Lipinski definition) is 2. The Kier molecular flexibility index (Phi) is 4.44. The van der Waals surface area contributed by atoms with Crippen molar-refractivity contribution in [2.24, 2.45) is 0 Å². The van der Waals surface area contributed by atoms with Gasteiger partial charge >= 0.3 is 0 Å². The smallest absolute Gasteiger partial charge is 0.290 e.